The lowest BCUT2D eigenvalue weighted by Crippen LogP contribution is -2.33. The van der Waals surface area contributed by atoms with Crippen LogP contribution in [0.4, 0.5) is 0 Å². The largest absolute Gasteiger partial charge is 0.486 e. The summed E-state index contributed by atoms with van der Waals surface area (Å²) in [4.78, 5) is 12.7. The zero-order valence-electron chi connectivity index (χ0n) is 14.3. The molecule has 1 heterocycles. The maximum absolute atomic E-state index is 12.7. The zero-order valence-corrected chi connectivity index (χ0v) is 14.3. The van der Waals surface area contributed by atoms with Gasteiger partial charge in [-0.15, -0.1) is 0 Å². The van der Waals surface area contributed by atoms with E-state index in [0.717, 1.165) is 12.0 Å². The van der Waals surface area contributed by atoms with Crippen LogP contribution in [0.1, 0.15) is 31.9 Å². The third kappa shape index (κ3) is 3.23. The topological polar surface area (TPSA) is 44.8 Å². The van der Waals surface area contributed by atoms with Crippen LogP contribution >= 0.6 is 0 Å². The maximum Gasteiger partial charge on any atom is 0.321 e. The predicted octanol–water partition coefficient (Wildman–Crippen LogP) is 3.90. The number of aryl methyl sites for hydroxylation is 1. The van der Waals surface area contributed by atoms with Gasteiger partial charge in [-0.05, 0) is 55.7 Å². The van der Waals surface area contributed by atoms with Crippen LogP contribution < -0.4 is 14.2 Å². The molecule has 3 rings (SSSR count). The fourth-order valence-electron chi connectivity index (χ4n) is 2.58. The first-order valence-electron chi connectivity index (χ1n) is 8.22. The Hall–Kier alpha value is -2.49. The van der Waals surface area contributed by atoms with Gasteiger partial charge in [0.2, 0.25) is 0 Å². The molecule has 0 spiro atoms. The van der Waals surface area contributed by atoms with E-state index in [0.29, 0.717) is 30.5 Å². The van der Waals surface area contributed by atoms with Gasteiger partial charge in [-0.1, -0.05) is 25.1 Å². The smallest absolute Gasteiger partial charge is 0.321 e. The lowest BCUT2D eigenvalue weighted by molar-refractivity contribution is -0.139. The SMILES string of the molecule is CCc1ccc(OC(=O)C(C)(C)c2ccc3c(c2)OCCO3)cc1. The normalized spacial score (nSPS) is 13.5. The molecule has 4 heteroatoms. The first kappa shape index (κ1) is 16.4. The summed E-state index contributed by atoms with van der Waals surface area (Å²) < 4.78 is 16.7. The summed E-state index contributed by atoms with van der Waals surface area (Å²) >= 11 is 0. The Morgan fingerprint density at radius 3 is 2.38 bits per heavy atom. The van der Waals surface area contributed by atoms with Gasteiger partial charge in [-0.25, -0.2) is 0 Å². The summed E-state index contributed by atoms with van der Waals surface area (Å²) in [5.41, 5.74) is 1.25. The highest BCUT2D eigenvalue weighted by molar-refractivity contribution is 5.84. The highest BCUT2D eigenvalue weighted by atomic mass is 16.6. The lowest BCUT2D eigenvalue weighted by atomic mass is 9.84. The molecule has 2 aromatic rings. The van der Waals surface area contributed by atoms with Crippen molar-refractivity contribution in [2.75, 3.05) is 13.2 Å². The van der Waals surface area contributed by atoms with Crippen molar-refractivity contribution in [3.05, 3.63) is 53.6 Å². The van der Waals surface area contributed by atoms with Gasteiger partial charge in [0.05, 0.1) is 5.41 Å². The Labute approximate surface area is 142 Å². The molecule has 0 N–H and O–H groups in total. The molecule has 2 aromatic carbocycles. The number of hydrogen-bond acceptors (Lipinski definition) is 4. The van der Waals surface area contributed by atoms with Crippen molar-refractivity contribution >= 4 is 5.97 Å². The Balaban J connectivity index is 1.79. The summed E-state index contributed by atoms with van der Waals surface area (Å²) in [6.45, 7) is 6.85. The first-order chi connectivity index (χ1) is 11.5. The molecule has 24 heavy (non-hydrogen) atoms. The van der Waals surface area contributed by atoms with E-state index in [-0.39, 0.29) is 5.97 Å². The summed E-state index contributed by atoms with van der Waals surface area (Å²) in [5, 5.41) is 0. The quantitative estimate of drug-likeness (QED) is 0.631. The average molecular weight is 326 g/mol. The Kier molecular flexibility index (Phi) is 4.47. The Morgan fingerprint density at radius 2 is 1.71 bits per heavy atom. The van der Waals surface area contributed by atoms with Crippen molar-refractivity contribution in [1.29, 1.82) is 0 Å². The molecule has 0 fully saturated rings. The van der Waals surface area contributed by atoms with Gasteiger partial charge in [-0.2, -0.15) is 0 Å². The van der Waals surface area contributed by atoms with Gasteiger partial charge in [0.25, 0.3) is 0 Å². The van der Waals surface area contributed by atoms with Crippen LogP contribution in [0.3, 0.4) is 0 Å². The molecule has 4 nitrogen and oxygen atoms in total. The van der Waals surface area contributed by atoms with Crippen LogP contribution in [-0.2, 0) is 16.6 Å². The maximum atomic E-state index is 12.7. The van der Waals surface area contributed by atoms with E-state index in [1.165, 1.54) is 5.56 Å². The number of rotatable bonds is 4. The summed E-state index contributed by atoms with van der Waals surface area (Å²) in [6, 6.07) is 13.2. The van der Waals surface area contributed by atoms with Crippen LogP contribution in [0.15, 0.2) is 42.5 Å². The second-order valence-electron chi connectivity index (χ2n) is 6.37. The number of carbonyl (C=O) groups excluding carboxylic acids is 1. The van der Waals surface area contributed by atoms with Crippen molar-refractivity contribution in [2.24, 2.45) is 0 Å². The van der Waals surface area contributed by atoms with Crippen LogP contribution in [0, 0.1) is 0 Å². The summed E-state index contributed by atoms with van der Waals surface area (Å²) in [5.74, 6) is 1.64. The molecule has 0 aromatic heterocycles. The van der Waals surface area contributed by atoms with E-state index in [1.807, 2.05) is 56.3 Å². The van der Waals surface area contributed by atoms with E-state index in [9.17, 15) is 4.79 Å². The number of hydrogen-bond donors (Lipinski definition) is 0. The fraction of sp³-hybridized carbons (Fsp3) is 0.350. The Morgan fingerprint density at radius 1 is 1.04 bits per heavy atom. The molecule has 0 saturated carbocycles. The molecular formula is C20H22O4. The molecule has 0 aliphatic carbocycles. The van der Waals surface area contributed by atoms with Crippen LogP contribution in [0.2, 0.25) is 0 Å². The van der Waals surface area contributed by atoms with Gasteiger partial charge in [0.15, 0.2) is 11.5 Å². The van der Waals surface area contributed by atoms with Crippen molar-refractivity contribution in [3.63, 3.8) is 0 Å². The molecule has 0 amide bonds. The molecule has 1 aliphatic rings. The molecular weight excluding hydrogens is 304 g/mol. The second-order valence-corrected chi connectivity index (χ2v) is 6.37. The van der Waals surface area contributed by atoms with E-state index >= 15 is 0 Å². The van der Waals surface area contributed by atoms with E-state index in [1.54, 1.807) is 0 Å². The molecule has 0 radical (unpaired) electrons. The average Bonchev–Trinajstić information content (AvgIpc) is 2.61. The lowest BCUT2D eigenvalue weighted by Gasteiger charge is -2.25. The minimum Gasteiger partial charge on any atom is -0.486 e. The molecule has 0 atom stereocenters. The molecule has 0 saturated heterocycles. The van der Waals surface area contributed by atoms with Gasteiger partial charge < -0.3 is 14.2 Å². The number of esters is 1. The predicted molar refractivity (Wildman–Crippen MR) is 91.9 cm³/mol. The van der Waals surface area contributed by atoms with Gasteiger partial charge >= 0.3 is 5.97 Å². The van der Waals surface area contributed by atoms with Crippen molar-refractivity contribution in [2.45, 2.75) is 32.6 Å². The summed E-state index contributed by atoms with van der Waals surface area (Å²) in [6.07, 6.45) is 0.955. The van der Waals surface area contributed by atoms with Crippen LogP contribution in [0.25, 0.3) is 0 Å². The van der Waals surface area contributed by atoms with Gasteiger partial charge in [0.1, 0.15) is 19.0 Å². The van der Waals surface area contributed by atoms with Crippen LogP contribution in [0.5, 0.6) is 17.2 Å². The minimum absolute atomic E-state index is 0.302. The van der Waals surface area contributed by atoms with Crippen molar-refractivity contribution in [3.8, 4) is 17.2 Å². The van der Waals surface area contributed by atoms with Crippen LogP contribution in [-0.4, -0.2) is 19.2 Å². The first-order valence-corrected chi connectivity index (χ1v) is 8.22. The van der Waals surface area contributed by atoms with Crippen molar-refractivity contribution < 1.29 is 19.0 Å². The summed E-state index contributed by atoms with van der Waals surface area (Å²) in [7, 11) is 0. The van der Waals surface area contributed by atoms with E-state index in [4.69, 9.17) is 14.2 Å². The van der Waals surface area contributed by atoms with Gasteiger partial charge in [0, 0.05) is 0 Å². The monoisotopic (exact) mass is 326 g/mol. The minimum atomic E-state index is -0.792. The number of ether oxygens (including phenoxy) is 3. The van der Waals surface area contributed by atoms with Crippen molar-refractivity contribution in [1.82, 2.24) is 0 Å². The highest BCUT2D eigenvalue weighted by Gasteiger charge is 2.33. The van der Waals surface area contributed by atoms with Gasteiger partial charge in [-0.3, -0.25) is 4.79 Å². The standard InChI is InChI=1S/C20H22O4/c1-4-14-5-8-16(9-6-14)24-19(21)20(2,3)15-7-10-17-18(13-15)23-12-11-22-17/h5-10,13H,4,11-12H2,1-3H3. The molecule has 126 valence electrons. The van der Waals surface area contributed by atoms with E-state index in [2.05, 4.69) is 6.92 Å². The molecule has 1 aliphatic heterocycles. The highest BCUT2D eigenvalue weighted by Crippen LogP contribution is 2.35. The number of carbonyl (C=O) groups is 1. The number of fused-ring (bicyclic) bond motifs is 1. The third-order valence-corrected chi connectivity index (χ3v) is 4.32. The Bertz CT molecular complexity index is 732. The molecule has 0 unspecified atom stereocenters. The zero-order chi connectivity index (χ0) is 17.2. The number of benzene rings is 2. The fourth-order valence-corrected chi connectivity index (χ4v) is 2.58. The third-order valence-electron chi connectivity index (χ3n) is 4.32. The second kappa shape index (κ2) is 6.56. The molecule has 0 bridgehead atoms. The van der Waals surface area contributed by atoms with E-state index < -0.39 is 5.41 Å².